The molecule has 3 N–H and O–H groups in total. The van der Waals surface area contributed by atoms with Crippen LogP contribution in [-0.2, 0) is 0 Å². The molecule has 0 aliphatic carbocycles. The summed E-state index contributed by atoms with van der Waals surface area (Å²) in [7, 11) is 0. The van der Waals surface area contributed by atoms with E-state index in [4.69, 9.17) is 5.73 Å². The van der Waals surface area contributed by atoms with Crippen LogP contribution in [-0.4, -0.2) is 0 Å². The zero-order valence-electron chi connectivity index (χ0n) is 9.00. The van der Waals surface area contributed by atoms with Gasteiger partial charge in [0, 0.05) is 21.5 Å². The monoisotopic (exact) mass is 276 g/mol. The Labute approximate surface area is 104 Å². The van der Waals surface area contributed by atoms with E-state index in [9.17, 15) is 0 Å². The first kappa shape index (κ1) is 11.0. The molecule has 0 spiro atoms. The molecule has 0 amide bonds. The minimum Gasteiger partial charge on any atom is -0.399 e. The van der Waals surface area contributed by atoms with E-state index >= 15 is 0 Å². The highest BCUT2D eigenvalue weighted by molar-refractivity contribution is 9.10. The van der Waals surface area contributed by atoms with Crippen molar-refractivity contribution in [2.45, 2.75) is 6.92 Å². The molecule has 0 fully saturated rings. The maximum Gasteiger partial charge on any atom is 0.0395 e. The average molecular weight is 277 g/mol. The molecule has 0 aliphatic rings. The Hall–Kier alpha value is -1.48. The summed E-state index contributed by atoms with van der Waals surface area (Å²) in [5.41, 5.74) is 9.77. The summed E-state index contributed by atoms with van der Waals surface area (Å²) in [6.07, 6.45) is 0. The topological polar surface area (TPSA) is 38.0 Å². The van der Waals surface area contributed by atoms with Gasteiger partial charge in [-0.25, -0.2) is 0 Å². The summed E-state index contributed by atoms with van der Waals surface area (Å²) in [5, 5.41) is 3.33. The molecule has 2 aromatic rings. The molecule has 0 atom stereocenters. The van der Waals surface area contributed by atoms with E-state index < -0.39 is 0 Å². The standard InChI is InChI=1S/C13H13BrN2/c1-9-7-12(5-6-13(9)15)16-11-4-2-3-10(14)8-11/h2-8,16H,15H2,1H3. The molecule has 0 radical (unpaired) electrons. The van der Waals surface area contributed by atoms with Gasteiger partial charge in [0.05, 0.1) is 0 Å². The van der Waals surface area contributed by atoms with Crippen LogP contribution in [0.2, 0.25) is 0 Å². The molecule has 2 rings (SSSR count). The predicted molar refractivity (Wildman–Crippen MR) is 73.0 cm³/mol. The Morgan fingerprint density at radius 2 is 1.81 bits per heavy atom. The molecule has 2 nitrogen and oxygen atoms in total. The second-order valence-electron chi connectivity index (χ2n) is 3.71. The van der Waals surface area contributed by atoms with Gasteiger partial charge in [0.25, 0.3) is 0 Å². The molecule has 2 aromatic carbocycles. The van der Waals surface area contributed by atoms with Gasteiger partial charge in [-0.15, -0.1) is 0 Å². The number of rotatable bonds is 2. The van der Waals surface area contributed by atoms with Crippen molar-refractivity contribution in [1.82, 2.24) is 0 Å². The van der Waals surface area contributed by atoms with Crippen LogP contribution in [0.25, 0.3) is 0 Å². The lowest BCUT2D eigenvalue weighted by atomic mass is 10.2. The minimum absolute atomic E-state index is 0.819. The maximum atomic E-state index is 5.77. The first-order chi connectivity index (χ1) is 7.65. The zero-order valence-corrected chi connectivity index (χ0v) is 10.6. The quantitative estimate of drug-likeness (QED) is 0.811. The van der Waals surface area contributed by atoms with Gasteiger partial charge < -0.3 is 11.1 Å². The molecule has 16 heavy (non-hydrogen) atoms. The molecule has 0 heterocycles. The Morgan fingerprint density at radius 1 is 1.06 bits per heavy atom. The van der Waals surface area contributed by atoms with Gasteiger partial charge in [0.1, 0.15) is 0 Å². The lowest BCUT2D eigenvalue weighted by Gasteiger charge is -2.08. The van der Waals surface area contributed by atoms with Gasteiger partial charge >= 0.3 is 0 Å². The molecule has 0 aliphatic heterocycles. The molecule has 0 saturated carbocycles. The maximum absolute atomic E-state index is 5.77. The third-order valence-corrected chi connectivity index (χ3v) is 2.88. The lowest BCUT2D eigenvalue weighted by molar-refractivity contribution is 1.45. The summed E-state index contributed by atoms with van der Waals surface area (Å²) in [4.78, 5) is 0. The van der Waals surface area contributed by atoms with Crippen LogP contribution < -0.4 is 11.1 Å². The molecular weight excluding hydrogens is 264 g/mol. The Kier molecular flexibility index (Phi) is 3.15. The third-order valence-electron chi connectivity index (χ3n) is 2.38. The lowest BCUT2D eigenvalue weighted by Crippen LogP contribution is -1.93. The highest BCUT2D eigenvalue weighted by Gasteiger charge is 1.98. The number of aryl methyl sites for hydroxylation is 1. The van der Waals surface area contributed by atoms with Gasteiger partial charge in [0.15, 0.2) is 0 Å². The number of nitrogens with one attached hydrogen (secondary N) is 1. The van der Waals surface area contributed by atoms with E-state index in [1.165, 1.54) is 0 Å². The molecule has 0 aromatic heterocycles. The van der Waals surface area contributed by atoms with E-state index in [2.05, 4.69) is 21.2 Å². The third kappa shape index (κ3) is 2.55. The molecule has 82 valence electrons. The van der Waals surface area contributed by atoms with Gasteiger partial charge in [-0.05, 0) is 48.9 Å². The van der Waals surface area contributed by atoms with E-state index in [1.54, 1.807) is 0 Å². The van der Waals surface area contributed by atoms with Crippen molar-refractivity contribution < 1.29 is 0 Å². The van der Waals surface area contributed by atoms with Crippen molar-refractivity contribution in [3.63, 3.8) is 0 Å². The van der Waals surface area contributed by atoms with Gasteiger partial charge in [-0.2, -0.15) is 0 Å². The van der Waals surface area contributed by atoms with Crippen molar-refractivity contribution in [2.24, 2.45) is 0 Å². The van der Waals surface area contributed by atoms with Crippen molar-refractivity contribution in [3.05, 3.63) is 52.5 Å². The van der Waals surface area contributed by atoms with E-state index in [0.717, 1.165) is 27.1 Å². The van der Waals surface area contributed by atoms with Crippen molar-refractivity contribution >= 4 is 33.0 Å². The number of benzene rings is 2. The SMILES string of the molecule is Cc1cc(Nc2cccc(Br)c2)ccc1N. The fourth-order valence-corrected chi connectivity index (χ4v) is 1.89. The molecule has 0 saturated heterocycles. The van der Waals surface area contributed by atoms with Gasteiger partial charge in [-0.3, -0.25) is 0 Å². The summed E-state index contributed by atoms with van der Waals surface area (Å²) < 4.78 is 1.06. The number of nitrogen functional groups attached to an aromatic ring is 1. The average Bonchev–Trinajstić information content (AvgIpc) is 2.24. The summed E-state index contributed by atoms with van der Waals surface area (Å²) >= 11 is 3.44. The largest absolute Gasteiger partial charge is 0.399 e. The minimum atomic E-state index is 0.819. The number of hydrogen-bond donors (Lipinski definition) is 2. The smallest absolute Gasteiger partial charge is 0.0395 e. The van der Waals surface area contributed by atoms with Gasteiger partial charge in [0.2, 0.25) is 0 Å². The van der Waals surface area contributed by atoms with Crippen molar-refractivity contribution in [3.8, 4) is 0 Å². The Bertz CT molecular complexity index is 509. The van der Waals surface area contributed by atoms with Crippen LogP contribution in [0.15, 0.2) is 46.9 Å². The second-order valence-corrected chi connectivity index (χ2v) is 4.62. The summed E-state index contributed by atoms with van der Waals surface area (Å²) in [6, 6.07) is 14.0. The summed E-state index contributed by atoms with van der Waals surface area (Å²) in [6.45, 7) is 2.00. The van der Waals surface area contributed by atoms with Crippen molar-refractivity contribution in [2.75, 3.05) is 11.1 Å². The normalized spacial score (nSPS) is 10.1. The fourth-order valence-electron chi connectivity index (χ4n) is 1.49. The highest BCUT2D eigenvalue weighted by Crippen LogP contribution is 2.22. The first-order valence-corrected chi connectivity index (χ1v) is 5.83. The van der Waals surface area contributed by atoms with Crippen LogP contribution in [0.3, 0.4) is 0 Å². The van der Waals surface area contributed by atoms with E-state index in [0.29, 0.717) is 0 Å². The van der Waals surface area contributed by atoms with Crippen LogP contribution in [0, 0.1) is 6.92 Å². The fraction of sp³-hybridized carbons (Fsp3) is 0.0769. The van der Waals surface area contributed by atoms with E-state index in [1.807, 2.05) is 49.4 Å². The van der Waals surface area contributed by atoms with Crippen LogP contribution in [0.1, 0.15) is 5.56 Å². The summed E-state index contributed by atoms with van der Waals surface area (Å²) in [5.74, 6) is 0. The Morgan fingerprint density at radius 3 is 2.50 bits per heavy atom. The van der Waals surface area contributed by atoms with Crippen molar-refractivity contribution in [1.29, 1.82) is 0 Å². The molecule has 0 bridgehead atoms. The molecule has 3 heteroatoms. The number of hydrogen-bond acceptors (Lipinski definition) is 2. The van der Waals surface area contributed by atoms with Crippen LogP contribution >= 0.6 is 15.9 Å². The zero-order chi connectivity index (χ0) is 11.5. The molecule has 0 unspecified atom stereocenters. The number of nitrogens with two attached hydrogens (primary N) is 1. The highest BCUT2D eigenvalue weighted by atomic mass is 79.9. The van der Waals surface area contributed by atoms with E-state index in [-0.39, 0.29) is 0 Å². The number of anilines is 3. The van der Waals surface area contributed by atoms with Crippen LogP contribution in [0.4, 0.5) is 17.1 Å². The Balaban J connectivity index is 2.24. The predicted octanol–water partition coefficient (Wildman–Crippen LogP) is 4.08. The first-order valence-electron chi connectivity index (χ1n) is 5.04. The second kappa shape index (κ2) is 4.58. The number of halogens is 1. The van der Waals surface area contributed by atoms with Crippen LogP contribution in [0.5, 0.6) is 0 Å². The molecular formula is C13H13BrN2. The van der Waals surface area contributed by atoms with Gasteiger partial charge in [-0.1, -0.05) is 22.0 Å².